The third-order valence-electron chi connectivity index (χ3n) is 4.95. The predicted molar refractivity (Wildman–Crippen MR) is 88.3 cm³/mol. The first-order chi connectivity index (χ1) is 10.3. The number of benzene rings is 1. The molecule has 1 aliphatic heterocycles. The van der Waals surface area contributed by atoms with Crippen molar-refractivity contribution >= 4 is 5.96 Å². The molecule has 3 heteroatoms. The molecule has 0 aromatic heterocycles. The maximum absolute atomic E-state index is 6.20. The number of hydrogen-bond donors (Lipinski definition) is 1. The zero-order chi connectivity index (χ0) is 14.5. The molecule has 1 saturated carbocycles. The zero-order valence-corrected chi connectivity index (χ0v) is 12.9. The largest absolute Gasteiger partial charge is 0.370 e. The van der Waals surface area contributed by atoms with Gasteiger partial charge >= 0.3 is 0 Å². The van der Waals surface area contributed by atoms with E-state index in [4.69, 9.17) is 10.7 Å². The SMILES string of the molecule is NC(=NC1CCCC1)N1CCC(Cc2ccccc2)CC1. The Hall–Kier alpha value is -1.51. The Morgan fingerprint density at radius 3 is 2.38 bits per heavy atom. The summed E-state index contributed by atoms with van der Waals surface area (Å²) < 4.78 is 0. The van der Waals surface area contributed by atoms with Gasteiger partial charge in [0.1, 0.15) is 0 Å². The molecular weight excluding hydrogens is 258 g/mol. The maximum Gasteiger partial charge on any atom is 0.191 e. The van der Waals surface area contributed by atoms with E-state index in [-0.39, 0.29) is 0 Å². The average Bonchev–Trinajstić information content (AvgIpc) is 3.02. The smallest absolute Gasteiger partial charge is 0.191 e. The molecule has 1 heterocycles. The Balaban J connectivity index is 1.48. The molecule has 1 saturated heterocycles. The lowest BCUT2D eigenvalue weighted by Crippen LogP contribution is -2.43. The van der Waals surface area contributed by atoms with E-state index in [0.717, 1.165) is 25.0 Å². The van der Waals surface area contributed by atoms with Crippen LogP contribution in [0.5, 0.6) is 0 Å². The van der Waals surface area contributed by atoms with E-state index in [1.807, 2.05) is 0 Å². The van der Waals surface area contributed by atoms with Crippen LogP contribution < -0.4 is 5.73 Å². The molecule has 0 unspecified atom stereocenters. The Kier molecular flexibility index (Phi) is 4.79. The van der Waals surface area contributed by atoms with E-state index in [0.29, 0.717) is 6.04 Å². The van der Waals surface area contributed by atoms with Crippen LogP contribution in [0.1, 0.15) is 44.1 Å². The minimum atomic E-state index is 0.493. The summed E-state index contributed by atoms with van der Waals surface area (Å²) in [4.78, 5) is 7.02. The van der Waals surface area contributed by atoms with E-state index in [1.165, 1.54) is 50.5 Å². The zero-order valence-electron chi connectivity index (χ0n) is 12.9. The van der Waals surface area contributed by atoms with Crippen LogP contribution in [0.4, 0.5) is 0 Å². The fraction of sp³-hybridized carbons (Fsp3) is 0.611. The Morgan fingerprint density at radius 1 is 1.05 bits per heavy atom. The van der Waals surface area contributed by atoms with Crippen molar-refractivity contribution in [3.8, 4) is 0 Å². The molecule has 0 amide bonds. The predicted octanol–water partition coefficient (Wildman–Crippen LogP) is 3.20. The number of piperidine rings is 1. The second-order valence-electron chi connectivity index (χ2n) is 6.55. The molecule has 21 heavy (non-hydrogen) atoms. The van der Waals surface area contributed by atoms with Crippen molar-refractivity contribution in [2.24, 2.45) is 16.6 Å². The van der Waals surface area contributed by atoms with Gasteiger partial charge in [0, 0.05) is 13.1 Å². The normalized spacial score (nSPS) is 21.9. The number of nitrogens with zero attached hydrogens (tertiary/aromatic N) is 2. The highest BCUT2D eigenvalue weighted by Gasteiger charge is 2.22. The van der Waals surface area contributed by atoms with E-state index >= 15 is 0 Å². The van der Waals surface area contributed by atoms with Crippen molar-refractivity contribution < 1.29 is 0 Å². The highest BCUT2D eigenvalue weighted by Crippen LogP contribution is 2.23. The topological polar surface area (TPSA) is 41.6 Å². The number of rotatable bonds is 3. The summed E-state index contributed by atoms with van der Waals surface area (Å²) in [6, 6.07) is 11.3. The van der Waals surface area contributed by atoms with Crippen LogP contribution in [0.3, 0.4) is 0 Å². The number of aliphatic imine (C=N–C) groups is 1. The maximum atomic E-state index is 6.20. The standard InChI is InChI=1S/C18H27N3/c19-18(20-17-8-4-5-9-17)21-12-10-16(11-13-21)14-15-6-2-1-3-7-15/h1-3,6-7,16-17H,4-5,8-14H2,(H2,19,20). The number of hydrogen-bond acceptors (Lipinski definition) is 1. The summed E-state index contributed by atoms with van der Waals surface area (Å²) in [5, 5.41) is 0. The molecule has 1 aromatic carbocycles. The minimum absolute atomic E-state index is 0.493. The first-order valence-corrected chi connectivity index (χ1v) is 8.43. The average molecular weight is 285 g/mol. The highest BCUT2D eigenvalue weighted by atomic mass is 15.3. The van der Waals surface area contributed by atoms with Crippen LogP contribution in [0.25, 0.3) is 0 Å². The lowest BCUT2D eigenvalue weighted by atomic mass is 9.90. The van der Waals surface area contributed by atoms with E-state index < -0.39 is 0 Å². The second-order valence-corrected chi connectivity index (χ2v) is 6.55. The van der Waals surface area contributed by atoms with Crippen molar-refractivity contribution in [3.63, 3.8) is 0 Å². The molecule has 0 atom stereocenters. The number of guanidine groups is 1. The Labute approximate surface area is 128 Å². The Morgan fingerprint density at radius 2 is 1.71 bits per heavy atom. The van der Waals surface area contributed by atoms with Gasteiger partial charge in [-0.25, -0.2) is 4.99 Å². The number of likely N-dealkylation sites (tertiary alicyclic amines) is 1. The first-order valence-electron chi connectivity index (χ1n) is 8.43. The summed E-state index contributed by atoms with van der Waals surface area (Å²) in [7, 11) is 0. The molecule has 3 nitrogen and oxygen atoms in total. The fourth-order valence-corrected chi connectivity index (χ4v) is 3.62. The van der Waals surface area contributed by atoms with E-state index in [9.17, 15) is 0 Å². The van der Waals surface area contributed by atoms with Crippen molar-refractivity contribution in [2.75, 3.05) is 13.1 Å². The lowest BCUT2D eigenvalue weighted by molar-refractivity contribution is 0.262. The quantitative estimate of drug-likeness (QED) is 0.684. The van der Waals surface area contributed by atoms with Crippen molar-refractivity contribution in [3.05, 3.63) is 35.9 Å². The summed E-state index contributed by atoms with van der Waals surface area (Å²) >= 11 is 0. The van der Waals surface area contributed by atoms with Gasteiger partial charge in [0.2, 0.25) is 0 Å². The molecule has 2 aliphatic rings. The highest BCUT2D eigenvalue weighted by molar-refractivity contribution is 5.78. The van der Waals surface area contributed by atoms with Gasteiger partial charge in [0.15, 0.2) is 5.96 Å². The van der Waals surface area contributed by atoms with Gasteiger partial charge in [0.05, 0.1) is 6.04 Å². The molecule has 1 aromatic rings. The minimum Gasteiger partial charge on any atom is -0.370 e. The first kappa shape index (κ1) is 14.4. The van der Waals surface area contributed by atoms with Gasteiger partial charge in [-0.1, -0.05) is 43.2 Å². The van der Waals surface area contributed by atoms with Crippen LogP contribution in [0.15, 0.2) is 35.3 Å². The molecular formula is C18H27N3. The molecule has 2 fully saturated rings. The van der Waals surface area contributed by atoms with E-state index in [2.05, 4.69) is 35.2 Å². The van der Waals surface area contributed by atoms with Gasteiger partial charge in [-0.05, 0) is 43.6 Å². The molecule has 2 N–H and O–H groups in total. The van der Waals surface area contributed by atoms with Crippen LogP contribution >= 0.6 is 0 Å². The van der Waals surface area contributed by atoms with Crippen molar-refractivity contribution in [2.45, 2.75) is 51.0 Å². The fourth-order valence-electron chi connectivity index (χ4n) is 3.62. The third kappa shape index (κ3) is 3.99. The summed E-state index contributed by atoms with van der Waals surface area (Å²) in [6.07, 6.45) is 8.76. The second kappa shape index (κ2) is 6.97. The molecule has 0 bridgehead atoms. The van der Waals surface area contributed by atoms with Crippen molar-refractivity contribution in [1.29, 1.82) is 0 Å². The van der Waals surface area contributed by atoms with Gasteiger partial charge in [-0.3, -0.25) is 0 Å². The van der Waals surface area contributed by atoms with Crippen LogP contribution in [-0.4, -0.2) is 30.0 Å². The monoisotopic (exact) mass is 285 g/mol. The lowest BCUT2D eigenvalue weighted by Gasteiger charge is -2.33. The molecule has 3 rings (SSSR count). The molecule has 114 valence electrons. The molecule has 0 spiro atoms. The van der Waals surface area contributed by atoms with Gasteiger partial charge in [-0.2, -0.15) is 0 Å². The van der Waals surface area contributed by atoms with Crippen molar-refractivity contribution in [1.82, 2.24) is 4.90 Å². The van der Waals surface area contributed by atoms with Gasteiger partial charge < -0.3 is 10.6 Å². The van der Waals surface area contributed by atoms with Gasteiger partial charge in [-0.15, -0.1) is 0 Å². The van der Waals surface area contributed by atoms with Crippen LogP contribution in [0, 0.1) is 5.92 Å². The van der Waals surface area contributed by atoms with E-state index in [1.54, 1.807) is 0 Å². The molecule has 1 aliphatic carbocycles. The summed E-state index contributed by atoms with van der Waals surface area (Å²) in [6.45, 7) is 2.14. The van der Waals surface area contributed by atoms with Crippen LogP contribution in [0.2, 0.25) is 0 Å². The third-order valence-corrected chi connectivity index (χ3v) is 4.95. The van der Waals surface area contributed by atoms with Gasteiger partial charge in [0.25, 0.3) is 0 Å². The van der Waals surface area contributed by atoms with Crippen LogP contribution in [-0.2, 0) is 6.42 Å². The number of nitrogens with two attached hydrogens (primary N) is 1. The Bertz CT molecular complexity index is 455. The molecule has 0 radical (unpaired) electrons. The summed E-state index contributed by atoms with van der Waals surface area (Å²) in [5.41, 5.74) is 7.66. The summed E-state index contributed by atoms with van der Waals surface area (Å²) in [5.74, 6) is 1.59.